The summed E-state index contributed by atoms with van der Waals surface area (Å²) in [6.07, 6.45) is 2.41. The predicted octanol–water partition coefficient (Wildman–Crippen LogP) is 3.20. The van der Waals surface area contributed by atoms with Crippen molar-refractivity contribution in [3.05, 3.63) is 54.3 Å². The second-order valence-corrected chi connectivity index (χ2v) is 9.99. The van der Waals surface area contributed by atoms with E-state index in [1.807, 2.05) is 18.2 Å². The van der Waals surface area contributed by atoms with Crippen molar-refractivity contribution in [3.8, 4) is 5.75 Å². The lowest BCUT2D eigenvalue weighted by Crippen LogP contribution is -2.47. The Morgan fingerprint density at radius 3 is 2.45 bits per heavy atom. The third-order valence-corrected chi connectivity index (χ3v) is 8.31. The first-order valence-corrected chi connectivity index (χ1v) is 12.3. The molecule has 2 saturated heterocycles. The van der Waals surface area contributed by atoms with Gasteiger partial charge in [0.15, 0.2) is 0 Å². The molecule has 0 aromatic heterocycles. The van der Waals surface area contributed by atoms with Crippen molar-refractivity contribution in [3.63, 3.8) is 0 Å². The molecule has 1 atom stereocenters. The molecule has 8 heteroatoms. The molecule has 2 heterocycles. The van der Waals surface area contributed by atoms with Gasteiger partial charge in [0.2, 0.25) is 10.0 Å². The number of ether oxygens (including phenoxy) is 1. The van der Waals surface area contributed by atoms with Crippen molar-refractivity contribution in [2.75, 3.05) is 51.3 Å². The minimum atomic E-state index is -3.81. The molecule has 168 valence electrons. The summed E-state index contributed by atoms with van der Waals surface area (Å²) in [5, 5.41) is 0. The molecule has 0 spiro atoms. The van der Waals surface area contributed by atoms with E-state index in [1.165, 1.54) is 22.5 Å². The zero-order valence-electron chi connectivity index (χ0n) is 17.9. The first-order valence-electron chi connectivity index (χ1n) is 10.9. The molecule has 31 heavy (non-hydrogen) atoms. The van der Waals surface area contributed by atoms with Crippen LogP contribution in [0.1, 0.15) is 19.3 Å². The van der Waals surface area contributed by atoms with Crippen LogP contribution in [0.5, 0.6) is 5.75 Å². The van der Waals surface area contributed by atoms with Gasteiger partial charge in [-0.25, -0.2) is 12.8 Å². The van der Waals surface area contributed by atoms with Crippen LogP contribution in [0.15, 0.2) is 53.4 Å². The topological polar surface area (TPSA) is 53.1 Å². The molecular formula is C23H30FN3O3S. The maximum atomic E-state index is 14.1. The molecule has 6 nitrogen and oxygen atoms in total. The lowest BCUT2D eigenvalue weighted by molar-refractivity contribution is 0.231. The summed E-state index contributed by atoms with van der Waals surface area (Å²) in [6, 6.07) is 13.6. The van der Waals surface area contributed by atoms with Gasteiger partial charge in [-0.05, 0) is 50.1 Å². The largest absolute Gasteiger partial charge is 0.495 e. The minimum absolute atomic E-state index is 0.0724. The number of methoxy groups -OCH3 is 1. The van der Waals surface area contributed by atoms with Crippen LogP contribution in [0.4, 0.5) is 10.1 Å². The molecule has 0 N–H and O–H groups in total. The number of nitrogens with zero attached hydrogens (tertiary/aromatic N) is 3. The number of halogens is 1. The van der Waals surface area contributed by atoms with Crippen LogP contribution < -0.4 is 9.64 Å². The SMILES string of the molecule is COc1ccccc1N1CCN(CC[C@H]2CCCN2S(=O)(=O)c2ccccc2F)CC1. The van der Waals surface area contributed by atoms with Crippen LogP contribution in [-0.2, 0) is 10.0 Å². The second kappa shape index (κ2) is 9.54. The van der Waals surface area contributed by atoms with Gasteiger partial charge in [0.1, 0.15) is 16.5 Å². The molecule has 0 radical (unpaired) electrons. The summed E-state index contributed by atoms with van der Waals surface area (Å²) in [5.41, 5.74) is 1.11. The molecule has 0 unspecified atom stereocenters. The Hall–Kier alpha value is -2.16. The Labute approximate surface area is 184 Å². The summed E-state index contributed by atoms with van der Waals surface area (Å²) >= 11 is 0. The molecule has 2 aromatic rings. The van der Waals surface area contributed by atoms with E-state index in [0.29, 0.717) is 6.54 Å². The number of anilines is 1. The predicted molar refractivity (Wildman–Crippen MR) is 120 cm³/mol. The zero-order chi connectivity index (χ0) is 21.8. The molecule has 2 aromatic carbocycles. The third-order valence-electron chi connectivity index (χ3n) is 6.32. The summed E-state index contributed by atoms with van der Waals surface area (Å²) in [6.45, 7) is 4.96. The Morgan fingerprint density at radius 1 is 1.00 bits per heavy atom. The monoisotopic (exact) mass is 447 g/mol. The first kappa shape index (κ1) is 22.0. The van der Waals surface area contributed by atoms with Gasteiger partial charge in [-0.2, -0.15) is 4.31 Å². The smallest absolute Gasteiger partial charge is 0.246 e. The highest BCUT2D eigenvalue weighted by Gasteiger charge is 2.36. The standard InChI is InChI=1S/C23H30FN3O3S/c1-30-22-10-4-3-9-21(22)26-17-15-25(16-18-26)14-12-19-7-6-13-27(19)31(28,29)23-11-5-2-8-20(23)24/h2-5,8-11,19H,6-7,12-18H2,1H3/t19-/m1/s1. The molecule has 4 rings (SSSR count). The van der Waals surface area contributed by atoms with Gasteiger partial charge >= 0.3 is 0 Å². The van der Waals surface area contributed by atoms with Gasteiger partial charge in [0, 0.05) is 38.8 Å². The Kier molecular flexibility index (Phi) is 6.79. The van der Waals surface area contributed by atoms with Crippen molar-refractivity contribution in [2.24, 2.45) is 0 Å². The number of piperazine rings is 1. The first-order chi connectivity index (χ1) is 15.0. The number of rotatable bonds is 7. The normalized spacial score (nSPS) is 20.8. The van der Waals surface area contributed by atoms with Crippen molar-refractivity contribution in [1.82, 2.24) is 9.21 Å². The average molecular weight is 448 g/mol. The van der Waals surface area contributed by atoms with E-state index in [0.717, 1.165) is 63.4 Å². The van der Waals surface area contributed by atoms with Crippen molar-refractivity contribution >= 4 is 15.7 Å². The number of hydrogen-bond donors (Lipinski definition) is 0. The fourth-order valence-electron chi connectivity index (χ4n) is 4.63. The molecule has 0 amide bonds. The molecule has 0 aliphatic carbocycles. The van der Waals surface area contributed by atoms with E-state index in [9.17, 15) is 12.8 Å². The van der Waals surface area contributed by atoms with Crippen LogP contribution in [-0.4, -0.2) is 70.0 Å². The van der Waals surface area contributed by atoms with Crippen molar-refractivity contribution in [1.29, 1.82) is 0 Å². The van der Waals surface area contributed by atoms with E-state index in [4.69, 9.17) is 4.74 Å². The van der Waals surface area contributed by atoms with Gasteiger partial charge < -0.3 is 9.64 Å². The van der Waals surface area contributed by atoms with Crippen LogP contribution >= 0.6 is 0 Å². The third kappa shape index (κ3) is 4.71. The maximum Gasteiger partial charge on any atom is 0.246 e. The maximum absolute atomic E-state index is 14.1. The number of benzene rings is 2. The van der Waals surface area contributed by atoms with Gasteiger partial charge in [-0.15, -0.1) is 0 Å². The number of sulfonamides is 1. The average Bonchev–Trinajstić information content (AvgIpc) is 3.28. The number of para-hydroxylation sites is 2. The van der Waals surface area contributed by atoms with Gasteiger partial charge in [-0.1, -0.05) is 24.3 Å². The fourth-order valence-corrected chi connectivity index (χ4v) is 6.42. The van der Waals surface area contributed by atoms with Crippen molar-refractivity contribution < 1.29 is 17.5 Å². The van der Waals surface area contributed by atoms with Gasteiger partial charge in [-0.3, -0.25) is 4.90 Å². The molecular weight excluding hydrogens is 417 g/mol. The molecule has 2 fully saturated rings. The highest BCUT2D eigenvalue weighted by Crippen LogP contribution is 2.30. The fraction of sp³-hybridized carbons (Fsp3) is 0.478. The molecule has 0 saturated carbocycles. The Bertz CT molecular complexity index is 993. The van der Waals surface area contributed by atoms with Crippen molar-refractivity contribution in [2.45, 2.75) is 30.2 Å². The van der Waals surface area contributed by atoms with Crippen LogP contribution in [0.2, 0.25) is 0 Å². The van der Waals surface area contributed by atoms with E-state index in [2.05, 4.69) is 15.9 Å². The Morgan fingerprint density at radius 2 is 1.71 bits per heavy atom. The molecule has 0 bridgehead atoms. The molecule has 2 aliphatic rings. The number of hydrogen-bond acceptors (Lipinski definition) is 5. The highest BCUT2D eigenvalue weighted by molar-refractivity contribution is 7.89. The zero-order valence-corrected chi connectivity index (χ0v) is 18.7. The van der Waals surface area contributed by atoms with Crippen LogP contribution in [0, 0.1) is 5.82 Å². The second-order valence-electron chi connectivity index (χ2n) is 8.13. The lowest BCUT2D eigenvalue weighted by Gasteiger charge is -2.37. The highest BCUT2D eigenvalue weighted by atomic mass is 32.2. The summed E-state index contributed by atoms with van der Waals surface area (Å²) in [4.78, 5) is 4.50. The van der Waals surface area contributed by atoms with E-state index < -0.39 is 15.8 Å². The van der Waals surface area contributed by atoms with Gasteiger partial charge in [0.05, 0.1) is 12.8 Å². The van der Waals surface area contributed by atoms with E-state index >= 15 is 0 Å². The minimum Gasteiger partial charge on any atom is -0.495 e. The van der Waals surface area contributed by atoms with Crippen LogP contribution in [0.25, 0.3) is 0 Å². The van der Waals surface area contributed by atoms with Crippen LogP contribution in [0.3, 0.4) is 0 Å². The summed E-state index contributed by atoms with van der Waals surface area (Å²) < 4.78 is 47.2. The summed E-state index contributed by atoms with van der Waals surface area (Å²) in [5.74, 6) is 0.205. The van der Waals surface area contributed by atoms with E-state index in [-0.39, 0.29) is 10.9 Å². The quantitative estimate of drug-likeness (QED) is 0.653. The summed E-state index contributed by atoms with van der Waals surface area (Å²) in [7, 11) is -2.11. The van der Waals surface area contributed by atoms with E-state index in [1.54, 1.807) is 13.2 Å². The lowest BCUT2D eigenvalue weighted by atomic mass is 10.1. The Balaban J connectivity index is 1.34. The van der Waals surface area contributed by atoms with Gasteiger partial charge in [0.25, 0.3) is 0 Å². The molecule has 2 aliphatic heterocycles.